The van der Waals surface area contributed by atoms with E-state index >= 15 is 0 Å². The van der Waals surface area contributed by atoms with Crippen LogP contribution in [0.15, 0.2) is 54.9 Å². The number of aryl methyl sites for hydroxylation is 1. The van der Waals surface area contributed by atoms with E-state index in [1.165, 1.54) is 11.3 Å². The number of hydrogen-bond acceptors (Lipinski definition) is 5. The predicted octanol–water partition coefficient (Wildman–Crippen LogP) is 3.09. The van der Waals surface area contributed by atoms with Crippen LogP contribution in [0.25, 0.3) is 16.2 Å². The summed E-state index contributed by atoms with van der Waals surface area (Å²) in [7, 11) is 0. The number of pyridine rings is 1. The lowest BCUT2D eigenvalue weighted by molar-refractivity contribution is 0.0946. The summed E-state index contributed by atoms with van der Waals surface area (Å²) in [4.78, 5) is 16.7. The second-order valence-electron chi connectivity index (χ2n) is 5.60. The van der Waals surface area contributed by atoms with Crippen LogP contribution in [0.4, 0.5) is 0 Å². The zero-order valence-electron chi connectivity index (χ0n) is 13.5. The fraction of sp³-hybridized carbons (Fsp3) is 0.111. The zero-order chi connectivity index (χ0) is 17.2. The molecule has 0 saturated carbocycles. The lowest BCUT2D eigenvalue weighted by Gasteiger charge is -1.98. The maximum absolute atomic E-state index is 12.3. The SMILES string of the molecule is Cc1cccn2cc(C(=O)NCc3nnc(-c4ccccc4)s3)nc12. The third-order valence-electron chi connectivity index (χ3n) is 3.80. The van der Waals surface area contributed by atoms with E-state index < -0.39 is 0 Å². The molecule has 0 aliphatic heterocycles. The van der Waals surface area contributed by atoms with Gasteiger partial charge in [0.2, 0.25) is 0 Å². The molecule has 4 aromatic rings. The molecule has 0 saturated heterocycles. The van der Waals surface area contributed by atoms with Gasteiger partial charge in [-0.25, -0.2) is 4.98 Å². The van der Waals surface area contributed by atoms with Crippen LogP contribution < -0.4 is 5.32 Å². The van der Waals surface area contributed by atoms with Gasteiger partial charge in [-0.3, -0.25) is 4.79 Å². The van der Waals surface area contributed by atoms with E-state index in [2.05, 4.69) is 20.5 Å². The standard InChI is InChI=1S/C18H15N5OS/c1-12-6-5-9-23-11-14(20-16(12)23)17(24)19-10-15-21-22-18(25-15)13-7-3-2-4-8-13/h2-9,11H,10H2,1H3,(H,19,24). The Hall–Kier alpha value is -3.06. The molecule has 0 aliphatic rings. The maximum Gasteiger partial charge on any atom is 0.271 e. The number of nitrogens with zero attached hydrogens (tertiary/aromatic N) is 4. The first kappa shape index (κ1) is 15.5. The van der Waals surface area contributed by atoms with Crippen LogP contribution in [0.1, 0.15) is 21.1 Å². The molecule has 1 amide bonds. The fourth-order valence-corrected chi connectivity index (χ4v) is 3.32. The van der Waals surface area contributed by atoms with Crippen LogP contribution in [0.5, 0.6) is 0 Å². The normalized spacial score (nSPS) is 10.9. The summed E-state index contributed by atoms with van der Waals surface area (Å²) in [5, 5.41) is 12.8. The van der Waals surface area contributed by atoms with Gasteiger partial charge in [-0.05, 0) is 18.6 Å². The Labute approximate surface area is 148 Å². The summed E-state index contributed by atoms with van der Waals surface area (Å²) in [5.41, 5.74) is 3.23. The number of amides is 1. The molecule has 3 aromatic heterocycles. The van der Waals surface area contributed by atoms with E-state index in [4.69, 9.17) is 0 Å². The monoisotopic (exact) mass is 349 g/mol. The molecule has 7 heteroatoms. The summed E-state index contributed by atoms with van der Waals surface area (Å²) in [5.74, 6) is -0.223. The number of hydrogen-bond donors (Lipinski definition) is 1. The van der Waals surface area contributed by atoms with Crippen molar-refractivity contribution in [1.29, 1.82) is 0 Å². The highest BCUT2D eigenvalue weighted by Crippen LogP contribution is 2.22. The van der Waals surface area contributed by atoms with E-state index in [0.717, 1.165) is 26.8 Å². The minimum atomic E-state index is -0.223. The van der Waals surface area contributed by atoms with Crippen molar-refractivity contribution in [2.45, 2.75) is 13.5 Å². The molecule has 0 atom stereocenters. The number of imidazole rings is 1. The minimum Gasteiger partial charge on any atom is -0.344 e. The summed E-state index contributed by atoms with van der Waals surface area (Å²) in [6.45, 7) is 2.30. The second-order valence-corrected chi connectivity index (χ2v) is 6.66. The lowest BCUT2D eigenvalue weighted by atomic mass is 10.2. The molecule has 0 bridgehead atoms. The largest absolute Gasteiger partial charge is 0.344 e. The van der Waals surface area contributed by atoms with Gasteiger partial charge < -0.3 is 9.72 Å². The molecule has 1 aromatic carbocycles. The second kappa shape index (κ2) is 6.45. The number of fused-ring (bicyclic) bond motifs is 1. The van der Waals surface area contributed by atoms with Gasteiger partial charge in [-0.15, -0.1) is 10.2 Å². The first-order chi connectivity index (χ1) is 12.2. The highest BCUT2D eigenvalue weighted by Gasteiger charge is 2.13. The van der Waals surface area contributed by atoms with Gasteiger partial charge in [0, 0.05) is 18.0 Å². The quantitative estimate of drug-likeness (QED) is 0.614. The van der Waals surface area contributed by atoms with Crippen LogP contribution in [-0.4, -0.2) is 25.5 Å². The van der Waals surface area contributed by atoms with Crippen molar-refractivity contribution in [3.63, 3.8) is 0 Å². The average Bonchev–Trinajstić information content (AvgIpc) is 3.28. The van der Waals surface area contributed by atoms with Crippen molar-refractivity contribution < 1.29 is 4.79 Å². The van der Waals surface area contributed by atoms with Crippen molar-refractivity contribution in [1.82, 2.24) is 24.9 Å². The molecule has 0 radical (unpaired) electrons. The third-order valence-corrected chi connectivity index (χ3v) is 4.77. The fourth-order valence-electron chi connectivity index (χ4n) is 2.53. The smallest absolute Gasteiger partial charge is 0.271 e. The van der Waals surface area contributed by atoms with E-state index in [1.54, 1.807) is 6.20 Å². The van der Waals surface area contributed by atoms with Crippen LogP contribution in [0, 0.1) is 6.92 Å². The number of carbonyl (C=O) groups is 1. The van der Waals surface area contributed by atoms with Gasteiger partial charge in [0.25, 0.3) is 5.91 Å². The maximum atomic E-state index is 12.3. The topological polar surface area (TPSA) is 72.2 Å². The molecule has 124 valence electrons. The number of nitrogens with one attached hydrogen (secondary N) is 1. The molecule has 0 aliphatic carbocycles. The first-order valence-electron chi connectivity index (χ1n) is 7.81. The van der Waals surface area contributed by atoms with Gasteiger partial charge in [0.15, 0.2) is 0 Å². The molecule has 4 rings (SSSR count). The highest BCUT2D eigenvalue weighted by atomic mass is 32.1. The van der Waals surface area contributed by atoms with Crippen LogP contribution >= 0.6 is 11.3 Å². The predicted molar refractivity (Wildman–Crippen MR) is 96.4 cm³/mol. The Kier molecular flexibility index (Phi) is 3.99. The third kappa shape index (κ3) is 3.14. The highest BCUT2D eigenvalue weighted by molar-refractivity contribution is 7.14. The van der Waals surface area contributed by atoms with E-state index in [1.807, 2.05) is 60.0 Å². The Bertz CT molecular complexity index is 1040. The van der Waals surface area contributed by atoms with Gasteiger partial charge >= 0.3 is 0 Å². The molecule has 1 N–H and O–H groups in total. The van der Waals surface area contributed by atoms with Gasteiger partial charge in [0.05, 0.1) is 6.54 Å². The molecule has 25 heavy (non-hydrogen) atoms. The molecule has 6 nitrogen and oxygen atoms in total. The van der Waals surface area contributed by atoms with Gasteiger partial charge in [0.1, 0.15) is 21.4 Å². The number of rotatable bonds is 4. The van der Waals surface area contributed by atoms with Gasteiger partial charge in [-0.1, -0.05) is 47.7 Å². The van der Waals surface area contributed by atoms with Crippen molar-refractivity contribution in [3.05, 3.63) is 71.1 Å². The molecular weight excluding hydrogens is 334 g/mol. The van der Waals surface area contributed by atoms with Crippen molar-refractivity contribution >= 4 is 22.9 Å². The lowest BCUT2D eigenvalue weighted by Crippen LogP contribution is -2.23. The van der Waals surface area contributed by atoms with Crippen LogP contribution in [-0.2, 0) is 6.54 Å². The summed E-state index contributed by atoms with van der Waals surface area (Å²) in [6.07, 6.45) is 3.61. The average molecular weight is 349 g/mol. The summed E-state index contributed by atoms with van der Waals surface area (Å²) >= 11 is 1.47. The Morgan fingerprint density at radius 1 is 1.16 bits per heavy atom. The van der Waals surface area contributed by atoms with Crippen molar-refractivity contribution in [2.24, 2.45) is 0 Å². The molecule has 3 heterocycles. The van der Waals surface area contributed by atoms with E-state index in [-0.39, 0.29) is 5.91 Å². The summed E-state index contributed by atoms with van der Waals surface area (Å²) < 4.78 is 1.85. The van der Waals surface area contributed by atoms with Crippen LogP contribution in [0.2, 0.25) is 0 Å². The Morgan fingerprint density at radius 3 is 2.80 bits per heavy atom. The number of benzene rings is 1. The van der Waals surface area contributed by atoms with E-state index in [0.29, 0.717) is 12.2 Å². The molecule has 0 fully saturated rings. The minimum absolute atomic E-state index is 0.223. The summed E-state index contributed by atoms with van der Waals surface area (Å²) in [6, 6.07) is 13.8. The van der Waals surface area contributed by atoms with Crippen molar-refractivity contribution in [2.75, 3.05) is 0 Å². The van der Waals surface area contributed by atoms with Crippen molar-refractivity contribution in [3.8, 4) is 10.6 Å². The molecule has 0 spiro atoms. The molecular formula is C18H15N5OS. The molecule has 0 unspecified atom stereocenters. The zero-order valence-corrected chi connectivity index (χ0v) is 14.3. The Balaban J connectivity index is 1.46. The van der Waals surface area contributed by atoms with Crippen LogP contribution in [0.3, 0.4) is 0 Å². The van der Waals surface area contributed by atoms with E-state index in [9.17, 15) is 4.79 Å². The number of carbonyl (C=O) groups excluding carboxylic acids is 1. The number of aromatic nitrogens is 4. The van der Waals surface area contributed by atoms with Gasteiger partial charge in [-0.2, -0.15) is 0 Å². The Morgan fingerprint density at radius 2 is 2.00 bits per heavy atom. The first-order valence-corrected chi connectivity index (χ1v) is 8.63.